The quantitative estimate of drug-likeness (QED) is 0.256. The number of hydrogen-bond acceptors (Lipinski definition) is 4. The molecule has 0 heterocycles. The fourth-order valence-corrected chi connectivity index (χ4v) is 3.55. The third kappa shape index (κ3) is 5.32. The molecule has 0 spiro atoms. The lowest BCUT2D eigenvalue weighted by Crippen LogP contribution is -2.52. The molecule has 1 atom stereocenters. The van der Waals surface area contributed by atoms with Gasteiger partial charge < -0.3 is 4.74 Å². The topological polar surface area (TPSA) is 80.7 Å². The number of esters is 1. The van der Waals surface area contributed by atoms with Gasteiger partial charge in [0.15, 0.2) is 0 Å². The second-order valence-corrected chi connectivity index (χ2v) is 7.65. The molecule has 1 N–H and O–H groups in total. The van der Waals surface area contributed by atoms with Crippen molar-refractivity contribution in [2.75, 3.05) is 0 Å². The van der Waals surface area contributed by atoms with Crippen LogP contribution in [0.2, 0.25) is 0 Å². The Hall–Kier alpha value is -1.43. The summed E-state index contributed by atoms with van der Waals surface area (Å²) in [6.07, 6.45) is -12.4. The summed E-state index contributed by atoms with van der Waals surface area (Å²) in [5.74, 6) is -2.01. The maximum Gasteiger partial charge on any atom is 0.432 e. The van der Waals surface area contributed by atoms with Crippen LogP contribution in [0.15, 0.2) is 0 Å². The average Bonchev–Trinajstić information content (AvgIpc) is 2.67. The number of benzene rings is 1. The molecule has 0 saturated carbocycles. The number of carbonyl (C=O) groups excluding carboxylic acids is 1. The highest BCUT2D eigenvalue weighted by Crippen LogP contribution is 2.39. The molecule has 0 aromatic heterocycles. The minimum absolute atomic E-state index is 0.125. The van der Waals surface area contributed by atoms with E-state index in [1.165, 1.54) is 0 Å². The Balaban J connectivity index is 3.83. The molecule has 1 aromatic rings. The Bertz CT molecular complexity index is 906. The van der Waals surface area contributed by atoms with E-state index in [1.807, 2.05) is 0 Å². The first-order valence-corrected chi connectivity index (χ1v) is 9.89. The predicted molar refractivity (Wildman–Crippen MR) is 105 cm³/mol. The number of halogens is 5. The monoisotopic (exact) mass is 454 g/mol. The summed E-state index contributed by atoms with van der Waals surface area (Å²) < 4.78 is 101. The van der Waals surface area contributed by atoms with Gasteiger partial charge in [-0.2, -0.15) is 30.4 Å². The number of ether oxygens (including phenoxy) is 1. The normalized spacial score (nSPS) is 13.7. The van der Waals surface area contributed by atoms with Gasteiger partial charge in [-0.15, -0.1) is 0 Å². The lowest BCUT2D eigenvalue weighted by molar-refractivity contribution is -0.248. The molecule has 0 saturated heterocycles. The zero-order valence-corrected chi connectivity index (χ0v) is 16.7. The van der Waals surface area contributed by atoms with E-state index in [2.05, 4.69) is 4.74 Å². The van der Waals surface area contributed by atoms with Gasteiger partial charge in [-0.3, -0.25) is 4.55 Å². The lowest BCUT2D eigenvalue weighted by Gasteiger charge is -2.29. The summed E-state index contributed by atoms with van der Waals surface area (Å²) >= 11 is 0. The number of alkyl halides is 5. The SMILES string of the molecule is [B]Cc1c(C[B])c(C[B])c(C(=O)OC(C(F)(F)F)C(F)(F)S(=O)(=O)O)c(C[B])c1C[B]. The molecule has 10 radical (unpaired) electrons. The van der Waals surface area contributed by atoms with E-state index in [0.29, 0.717) is 5.56 Å². The Morgan fingerprint density at radius 3 is 1.39 bits per heavy atom. The van der Waals surface area contributed by atoms with Crippen molar-refractivity contribution in [1.82, 2.24) is 0 Å². The first-order valence-electron chi connectivity index (χ1n) is 8.45. The van der Waals surface area contributed by atoms with Crippen molar-refractivity contribution in [2.45, 2.75) is 49.1 Å². The summed E-state index contributed by atoms with van der Waals surface area (Å²) in [6.45, 7) is 0. The van der Waals surface area contributed by atoms with E-state index >= 15 is 0 Å². The standard InChI is InChI=1S/C15H12B5F5O5S/c16-1-6-7(2-17)9(4-19)11(10(5-20)8(6)3-18)12(26)30-13(14(21,22)23)15(24,25)31(27,28)29/h13H,1-5H2,(H,27,28,29). The lowest BCUT2D eigenvalue weighted by atomic mass is 9.70. The molecule has 1 aromatic carbocycles. The largest absolute Gasteiger partial charge is 0.441 e. The van der Waals surface area contributed by atoms with Crippen molar-refractivity contribution in [3.8, 4) is 0 Å². The minimum Gasteiger partial charge on any atom is -0.441 e. The van der Waals surface area contributed by atoms with Crippen molar-refractivity contribution < 1.29 is 44.5 Å². The molecular weight excluding hydrogens is 441 g/mol. The fraction of sp³-hybridized carbons (Fsp3) is 0.533. The molecule has 5 nitrogen and oxygen atoms in total. The fourth-order valence-electron chi connectivity index (χ4n) is 3.09. The molecule has 31 heavy (non-hydrogen) atoms. The van der Waals surface area contributed by atoms with Crippen LogP contribution in [0.4, 0.5) is 22.0 Å². The van der Waals surface area contributed by atoms with Crippen LogP contribution in [0.3, 0.4) is 0 Å². The Morgan fingerprint density at radius 1 is 0.806 bits per heavy atom. The summed E-state index contributed by atoms with van der Waals surface area (Å²) in [5, 5.41) is -5.91. The molecule has 0 aliphatic carbocycles. The third-order valence-corrected chi connectivity index (χ3v) is 5.36. The average molecular weight is 453 g/mol. The maximum absolute atomic E-state index is 13.8. The van der Waals surface area contributed by atoms with Gasteiger partial charge in [0.2, 0.25) is 0 Å². The highest BCUT2D eigenvalue weighted by atomic mass is 32.2. The summed E-state index contributed by atoms with van der Waals surface area (Å²) in [7, 11) is 21.5. The van der Waals surface area contributed by atoms with E-state index in [0.717, 1.165) is 0 Å². The van der Waals surface area contributed by atoms with Gasteiger partial charge in [0.1, 0.15) is 0 Å². The van der Waals surface area contributed by atoms with Gasteiger partial charge in [0.05, 0.1) is 44.8 Å². The van der Waals surface area contributed by atoms with Gasteiger partial charge in [-0.05, 0) is 11.1 Å². The van der Waals surface area contributed by atoms with Crippen molar-refractivity contribution >= 4 is 55.3 Å². The zero-order valence-electron chi connectivity index (χ0n) is 15.9. The van der Waals surface area contributed by atoms with Gasteiger partial charge in [-0.25, -0.2) is 4.79 Å². The maximum atomic E-state index is 13.8. The molecule has 1 unspecified atom stereocenters. The smallest absolute Gasteiger partial charge is 0.432 e. The van der Waals surface area contributed by atoms with Gasteiger partial charge in [0.25, 0.3) is 6.10 Å². The van der Waals surface area contributed by atoms with Crippen molar-refractivity contribution in [1.29, 1.82) is 0 Å². The molecule has 0 amide bonds. The second kappa shape index (κ2) is 10.0. The number of rotatable bonds is 9. The van der Waals surface area contributed by atoms with Crippen LogP contribution in [0.25, 0.3) is 0 Å². The molecule has 1 rings (SSSR count). The molecule has 0 aliphatic rings. The van der Waals surface area contributed by atoms with Gasteiger partial charge >= 0.3 is 27.5 Å². The van der Waals surface area contributed by atoms with E-state index in [-0.39, 0.29) is 41.2 Å². The van der Waals surface area contributed by atoms with E-state index in [1.54, 1.807) is 0 Å². The van der Waals surface area contributed by atoms with Crippen LogP contribution in [0.5, 0.6) is 0 Å². The van der Waals surface area contributed by atoms with Crippen LogP contribution in [-0.4, -0.2) is 75.7 Å². The minimum atomic E-state index is -6.62. The van der Waals surface area contributed by atoms with Crippen LogP contribution in [0.1, 0.15) is 38.2 Å². The van der Waals surface area contributed by atoms with Gasteiger partial charge in [-0.1, -0.05) is 48.3 Å². The predicted octanol–water partition coefficient (Wildman–Crippen LogP) is 0.597. The van der Waals surface area contributed by atoms with Crippen LogP contribution < -0.4 is 0 Å². The molecule has 0 aliphatic heterocycles. The Morgan fingerprint density at radius 2 is 1.13 bits per heavy atom. The molecule has 0 fully saturated rings. The molecule has 158 valence electrons. The highest BCUT2D eigenvalue weighted by Gasteiger charge is 2.66. The van der Waals surface area contributed by atoms with Crippen LogP contribution in [0, 0.1) is 0 Å². The second-order valence-electron chi connectivity index (χ2n) is 6.15. The summed E-state index contributed by atoms with van der Waals surface area (Å²) in [6, 6.07) is 0. The van der Waals surface area contributed by atoms with E-state index < -0.39 is 51.8 Å². The highest BCUT2D eigenvalue weighted by molar-refractivity contribution is 7.86. The Labute approximate surface area is 182 Å². The molecule has 0 bridgehead atoms. The summed E-state index contributed by atoms with van der Waals surface area (Å²) in [5.41, 5.74) is -0.510. The zero-order chi connectivity index (χ0) is 24.4. The van der Waals surface area contributed by atoms with Crippen molar-refractivity contribution in [3.63, 3.8) is 0 Å². The van der Waals surface area contributed by atoms with Crippen molar-refractivity contribution in [2.24, 2.45) is 0 Å². The molecular formula is C15H12B5F5O5S. The first-order chi connectivity index (χ1) is 14.1. The Kier molecular flexibility index (Phi) is 8.92. The number of hydrogen-bond donors (Lipinski definition) is 1. The van der Waals surface area contributed by atoms with Crippen LogP contribution in [-0.2, 0) is 46.5 Å². The number of carbonyl (C=O) groups is 1. The van der Waals surface area contributed by atoms with E-state index in [4.69, 9.17) is 43.8 Å². The molecule has 16 heteroatoms. The summed E-state index contributed by atoms with van der Waals surface area (Å²) in [4.78, 5) is 12.6. The van der Waals surface area contributed by atoms with Crippen LogP contribution >= 0.6 is 0 Å². The third-order valence-electron chi connectivity index (χ3n) is 4.46. The van der Waals surface area contributed by atoms with E-state index in [9.17, 15) is 35.2 Å². The van der Waals surface area contributed by atoms with Gasteiger partial charge in [0, 0.05) is 0 Å². The first kappa shape index (κ1) is 27.6. The van der Waals surface area contributed by atoms with Crippen molar-refractivity contribution in [3.05, 3.63) is 33.4 Å².